The van der Waals surface area contributed by atoms with Crippen LogP contribution < -0.4 is 20.9 Å². The molecule has 6 nitrogen and oxygen atoms in total. The predicted octanol–water partition coefficient (Wildman–Crippen LogP) is 1.87. The lowest BCUT2D eigenvalue weighted by Crippen LogP contribution is -2.44. The minimum absolute atomic E-state index is 0.0406. The molecule has 6 heteroatoms. The first-order valence-electron chi connectivity index (χ1n) is 8.47. The van der Waals surface area contributed by atoms with Crippen molar-refractivity contribution in [1.82, 2.24) is 10.6 Å². The molecule has 0 bridgehead atoms. The Morgan fingerprint density at radius 1 is 1.08 bits per heavy atom. The van der Waals surface area contributed by atoms with Gasteiger partial charge < -0.3 is 16.0 Å². The van der Waals surface area contributed by atoms with E-state index in [9.17, 15) is 9.59 Å². The topological polar surface area (TPSA) is 73.5 Å². The van der Waals surface area contributed by atoms with Gasteiger partial charge in [0.15, 0.2) is 0 Å². The highest BCUT2D eigenvalue weighted by atomic mass is 16.2. The molecule has 1 saturated heterocycles. The third kappa shape index (κ3) is 3.21. The van der Waals surface area contributed by atoms with E-state index in [2.05, 4.69) is 28.1 Å². The fourth-order valence-electron chi connectivity index (χ4n) is 3.31. The number of hydrogen-bond donors (Lipinski definition) is 3. The number of carbonyl (C=O) groups is 2. The molecular weight excluding hydrogens is 316 g/mol. The number of rotatable bonds is 3. The van der Waals surface area contributed by atoms with Gasteiger partial charge in [0.2, 0.25) is 5.91 Å². The summed E-state index contributed by atoms with van der Waals surface area (Å²) < 4.78 is 0. The first-order valence-corrected chi connectivity index (χ1v) is 8.47. The smallest absolute Gasteiger partial charge is 0.321 e. The van der Waals surface area contributed by atoms with E-state index in [1.165, 1.54) is 11.1 Å². The maximum absolute atomic E-state index is 12.5. The van der Waals surface area contributed by atoms with Crippen LogP contribution in [0.1, 0.15) is 11.1 Å². The van der Waals surface area contributed by atoms with Gasteiger partial charge in [-0.25, -0.2) is 4.79 Å². The van der Waals surface area contributed by atoms with Crippen LogP contribution in [0.15, 0.2) is 48.5 Å². The van der Waals surface area contributed by atoms with Gasteiger partial charge >= 0.3 is 6.03 Å². The number of benzene rings is 2. The fourth-order valence-corrected chi connectivity index (χ4v) is 3.31. The molecule has 0 aliphatic carbocycles. The maximum atomic E-state index is 12.5. The first-order chi connectivity index (χ1) is 12.2. The molecule has 1 atom stereocenters. The van der Waals surface area contributed by atoms with E-state index in [0.29, 0.717) is 26.1 Å². The molecule has 25 heavy (non-hydrogen) atoms. The summed E-state index contributed by atoms with van der Waals surface area (Å²) in [5.41, 5.74) is 4.03. The first kappa shape index (κ1) is 15.7. The van der Waals surface area contributed by atoms with E-state index >= 15 is 0 Å². The number of amides is 3. The number of anilines is 2. The van der Waals surface area contributed by atoms with E-state index < -0.39 is 0 Å². The second-order valence-electron chi connectivity index (χ2n) is 6.33. The summed E-state index contributed by atoms with van der Waals surface area (Å²) in [4.78, 5) is 25.9. The van der Waals surface area contributed by atoms with Crippen LogP contribution in [0.3, 0.4) is 0 Å². The number of nitrogens with zero attached hydrogens (tertiary/aromatic N) is 1. The van der Waals surface area contributed by atoms with Gasteiger partial charge in [-0.2, -0.15) is 0 Å². The Morgan fingerprint density at radius 2 is 1.84 bits per heavy atom. The molecule has 2 aliphatic rings. The summed E-state index contributed by atoms with van der Waals surface area (Å²) in [6, 6.07) is 15.2. The van der Waals surface area contributed by atoms with Crippen LogP contribution >= 0.6 is 0 Å². The summed E-state index contributed by atoms with van der Waals surface area (Å²) >= 11 is 0. The number of nitrogens with one attached hydrogen (secondary N) is 3. The third-order valence-electron chi connectivity index (χ3n) is 4.70. The van der Waals surface area contributed by atoms with Gasteiger partial charge in [0.1, 0.15) is 0 Å². The summed E-state index contributed by atoms with van der Waals surface area (Å²) in [6.45, 7) is 2.03. The number of urea groups is 1. The Labute approximate surface area is 146 Å². The van der Waals surface area contributed by atoms with E-state index in [1.54, 1.807) is 4.90 Å². The predicted molar refractivity (Wildman–Crippen MR) is 96.6 cm³/mol. The third-order valence-corrected chi connectivity index (χ3v) is 4.70. The number of hydrogen-bond acceptors (Lipinski definition) is 3. The highest BCUT2D eigenvalue weighted by molar-refractivity contribution is 5.96. The van der Waals surface area contributed by atoms with Gasteiger partial charge in [-0.05, 0) is 41.8 Å². The molecule has 1 unspecified atom stereocenters. The van der Waals surface area contributed by atoms with Crippen molar-refractivity contribution < 1.29 is 9.59 Å². The Hall–Kier alpha value is -2.86. The van der Waals surface area contributed by atoms with Crippen LogP contribution in [-0.2, 0) is 17.8 Å². The maximum Gasteiger partial charge on any atom is 0.321 e. The lowest BCUT2D eigenvalue weighted by Gasteiger charge is -2.25. The second kappa shape index (κ2) is 6.57. The molecule has 0 saturated carbocycles. The van der Waals surface area contributed by atoms with Gasteiger partial charge in [-0.3, -0.25) is 9.69 Å². The van der Waals surface area contributed by atoms with Crippen LogP contribution in [0, 0.1) is 0 Å². The lowest BCUT2D eigenvalue weighted by molar-refractivity contribution is -0.118. The highest BCUT2D eigenvalue weighted by Crippen LogP contribution is 2.21. The van der Waals surface area contributed by atoms with E-state index in [4.69, 9.17) is 0 Å². The number of carbonyl (C=O) groups excluding carboxylic acids is 2. The van der Waals surface area contributed by atoms with Crippen LogP contribution in [0.25, 0.3) is 0 Å². The molecule has 4 rings (SSSR count). The molecule has 2 heterocycles. The van der Waals surface area contributed by atoms with Gasteiger partial charge in [0.05, 0.1) is 6.04 Å². The molecule has 0 radical (unpaired) electrons. The van der Waals surface area contributed by atoms with Crippen LogP contribution in [0.4, 0.5) is 16.2 Å². The summed E-state index contributed by atoms with van der Waals surface area (Å²) in [5, 5.41) is 9.01. The monoisotopic (exact) mass is 336 g/mol. The van der Waals surface area contributed by atoms with Crippen molar-refractivity contribution in [2.24, 2.45) is 0 Å². The van der Waals surface area contributed by atoms with E-state index in [-0.39, 0.29) is 18.0 Å². The molecule has 3 N–H and O–H groups in total. The SMILES string of the molecule is O=C(Nc1ccc(N2CCNC2=O)cc1)C1Cc2ccccc2CN1. The van der Waals surface area contributed by atoms with Gasteiger partial charge in [0, 0.05) is 31.0 Å². The van der Waals surface area contributed by atoms with Gasteiger partial charge in [-0.1, -0.05) is 24.3 Å². The average Bonchev–Trinajstić information content (AvgIpc) is 3.08. The standard InChI is InChI=1S/C19H20N4O2/c24-18(17-11-13-3-1-2-4-14(13)12-21-17)22-15-5-7-16(8-6-15)23-10-9-20-19(23)25/h1-8,17,21H,9-12H2,(H,20,25)(H,22,24). The zero-order chi connectivity index (χ0) is 17.2. The molecule has 2 aromatic rings. The largest absolute Gasteiger partial charge is 0.336 e. The van der Waals surface area contributed by atoms with Crippen molar-refractivity contribution >= 4 is 23.3 Å². The average molecular weight is 336 g/mol. The van der Waals surface area contributed by atoms with E-state index in [0.717, 1.165) is 11.4 Å². The van der Waals surface area contributed by atoms with E-state index in [1.807, 2.05) is 36.4 Å². The van der Waals surface area contributed by atoms with Crippen molar-refractivity contribution in [3.8, 4) is 0 Å². The normalized spacial score (nSPS) is 19.3. The number of fused-ring (bicyclic) bond motifs is 1. The quantitative estimate of drug-likeness (QED) is 0.801. The molecule has 0 spiro atoms. The van der Waals surface area contributed by atoms with Crippen LogP contribution in [-0.4, -0.2) is 31.1 Å². The molecule has 2 aromatic carbocycles. The Morgan fingerprint density at radius 3 is 2.56 bits per heavy atom. The van der Waals surface area contributed by atoms with Crippen molar-refractivity contribution in [3.63, 3.8) is 0 Å². The molecular formula is C19H20N4O2. The van der Waals surface area contributed by atoms with Gasteiger partial charge in [-0.15, -0.1) is 0 Å². The minimum atomic E-state index is -0.237. The van der Waals surface area contributed by atoms with Crippen LogP contribution in [0.2, 0.25) is 0 Å². The summed E-state index contributed by atoms with van der Waals surface area (Å²) in [5.74, 6) is -0.0406. The van der Waals surface area contributed by atoms with Gasteiger partial charge in [0.25, 0.3) is 0 Å². The lowest BCUT2D eigenvalue weighted by atomic mass is 9.95. The Kier molecular flexibility index (Phi) is 4.11. The summed E-state index contributed by atoms with van der Waals surface area (Å²) in [6.07, 6.45) is 0.689. The van der Waals surface area contributed by atoms with Crippen molar-refractivity contribution in [2.75, 3.05) is 23.3 Å². The Balaban J connectivity index is 1.40. The van der Waals surface area contributed by atoms with Crippen molar-refractivity contribution in [3.05, 3.63) is 59.7 Å². The van der Waals surface area contributed by atoms with Crippen LogP contribution in [0.5, 0.6) is 0 Å². The molecule has 128 valence electrons. The molecule has 3 amide bonds. The Bertz CT molecular complexity index is 803. The molecule has 2 aliphatic heterocycles. The molecule has 1 fully saturated rings. The second-order valence-corrected chi connectivity index (χ2v) is 6.33. The minimum Gasteiger partial charge on any atom is -0.336 e. The molecule has 0 aromatic heterocycles. The zero-order valence-electron chi connectivity index (χ0n) is 13.8. The summed E-state index contributed by atoms with van der Waals surface area (Å²) in [7, 11) is 0. The van der Waals surface area contributed by atoms with Crippen molar-refractivity contribution in [1.29, 1.82) is 0 Å². The zero-order valence-corrected chi connectivity index (χ0v) is 13.8. The highest BCUT2D eigenvalue weighted by Gasteiger charge is 2.24. The van der Waals surface area contributed by atoms with Crippen molar-refractivity contribution in [2.45, 2.75) is 19.0 Å². The fraction of sp³-hybridized carbons (Fsp3) is 0.263.